The summed E-state index contributed by atoms with van der Waals surface area (Å²) in [5.41, 5.74) is 5.42. The molecule has 0 spiro atoms. The number of non-ortho nitro benzene ring substituents is 1. The van der Waals surface area contributed by atoms with Crippen molar-refractivity contribution in [3.8, 4) is 5.75 Å². The van der Waals surface area contributed by atoms with Crippen molar-refractivity contribution < 1.29 is 18.9 Å². The Labute approximate surface area is 119 Å². The fourth-order valence-corrected chi connectivity index (χ4v) is 1.70. The SMILES string of the molecule is COc1ccc([N+](=O)[O-])cc1NC(=O)c1ccc(CN)o1. The summed E-state index contributed by atoms with van der Waals surface area (Å²) >= 11 is 0. The van der Waals surface area contributed by atoms with Crippen molar-refractivity contribution >= 4 is 17.3 Å². The standard InChI is InChI=1S/C13H13N3O5/c1-20-11-4-2-8(16(18)19)6-10(11)15-13(17)12-5-3-9(7-14)21-12/h2-6H,7,14H2,1H3,(H,15,17). The van der Waals surface area contributed by atoms with Crippen molar-refractivity contribution in [1.29, 1.82) is 0 Å². The van der Waals surface area contributed by atoms with Gasteiger partial charge in [0, 0.05) is 12.1 Å². The first-order valence-electron chi connectivity index (χ1n) is 5.97. The summed E-state index contributed by atoms with van der Waals surface area (Å²) in [4.78, 5) is 22.2. The van der Waals surface area contributed by atoms with Gasteiger partial charge in [0.15, 0.2) is 5.76 Å². The highest BCUT2D eigenvalue weighted by Crippen LogP contribution is 2.29. The minimum Gasteiger partial charge on any atom is -0.495 e. The fourth-order valence-electron chi connectivity index (χ4n) is 1.70. The van der Waals surface area contributed by atoms with Gasteiger partial charge >= 0.3 is 0 Å². The van der Waals surface area contributed by atoms with Crippen molar-refractivity contribution in [2.24, 2.45) is 5.73 Å². The third-order valence-electron chi connectivity index (χ3n) is 2.73. The van der Waals surface area contributed by atoms with Crippen molar-refractivity contribution in [3.05, 3.63) is 52.0 Å². The number of nitrogens with one attached hydrogen (secondary N) is 1. The van der Waals surface area contributed by atoms with Crippen molar-refractivity contribution in [3.63, 3.8) is 0 Å². The third kappa shape index (κ3) is 3.18. The van der Waals surface area contributed by atoms with E-state index in [0.29, 0.717) is 11.5 Å². The third-order valence-corrected chi connectivity index (χ3v) is 2.73. The number of nitrogens with zero attached hydrogens (tertiary/aromatic N) is 1. The van der Waals surface area contributed by atoms with Crippen molar-refractivity contribution in [2.45, 2.75) is 6.54 Å². The number of nitro benzene ring substituents is 1. The Morgan fingerprint density at radius 2 is 2.19 bits per heavy atom. The van der Waals surface area contributed by atoms with Crippen LogP contribution in [0, 0.1) is 10.1 Å². The molecule has 2 rings (SSSR count). The maximum Gasteiger partial charge on any atom is 0.291 e. The van der Waals surface area contributed by atoms with Gasteiger partial charge in [0.2, 0.25) is 0 Å². The summed E-state index contributed by atoms with van der Waals surface area (Å²) < 4.78 is 10.3. The number of carbonyl (C=O) groups is 1. The molecule has 1 amide bonds. The number of hydrogen-bond donors (Lipinski definition) is 2. The predicted molar refractivity (Wildman–Crippen MR) is 74.2 cm³/mol. The monoisotopic (exact) mass is 291 g/mol. The molecule has 0 aliphatic heterocycles. The molecule has 0 saturated carbocycles. The average molecular weight is 291 g/mol. The molecular weight excluding hydrogens is 278 g/mol. The molecule has 110 valence electrons. The highest BCUT2D eigenvalue weighted by atomic mass is 16.6. The van der Waals surface area contributed by atoms with Crippen LogP contribution in [0.2, 0.25) is 0 Å². The second kappa shape index (κ2) is 6.06. The second-order valence-corrected chi connectivity index (χ2v) is 4.07. The van der Waals surface area contributed by atoms with Gasteiger partial charge in [0.25, 0.3) is 11.6 Å². The molecule has 0 aliphatic rings. The zero-order valence-electron chi connectivity index (χ0n) is 11.2. The number of hydrogen-bond acceptors (Lipinski definition) is 6. The molecule has 8 heteroatoms. The number of ether oxygens (including phenoxy) is 1. The number of methoxy groups -OCH3 is 1. The number of anilines is 1. The average Bonchev–Trinajstić information content (AvgIpc) is 2.96. The lowest BCUT2D eigenvalue weighted by molar-refractivity contribution is -0.384. The number of rotatable bonds is 5. The number of nitrogens with two attached hydrogens (primary N) is 1. The molecule has 0 saturated heterocycles. The zero-order chi connectivity index (χ0) is 15.4. The largest absolute Gasteiger partial charge is 0.495 e. The van der Waals surface area contributed by atoms with E-state index in [4.69, 9.17) is 14.9 Å². The maximum atomic E-state index is 12.0. The van der Waals surface area contributed by atoms with Crippen LogP contribution in [0.5, 0.6) is 5.75 Å². The zero-order valence-corrected chi connectivity index (χ0v) is 11.2. The predicted octanol–water partition coefficient (Wildman–Crippen LogP) is 1.91. The lowest BCUT2D eigenvalue weighted by atomic mass is 10.2. The van der Waals surface area contributed by atoms with Crippen LogP contribution in [0.15, 0.2) is 34.7 Å². The molecule has 0 unspecified atom stereocenters. The van der Waals surface area contributed by atoms with Gasteiger partial charge in [-0.05, 0) is 18.2 Å². The molecule has 3 N–H and O–H groups in total. The van der Waals surface area contributed by atoms with E-state index >= 15 is 0 Å². The second-order valence-electron chi connectivity index (χ2n) is 4.07. The topological polar surface area (TPSA) is 121 Å². The van der Waals surface area contributed by atoms with Gasteiger partial charge in [-0.1, -0.05) is 0 Å². The van der Waals surface area contributed by atoms with E-state index < -0.39 is 10.8 Å². The summed E-state index contributed by atoms with van der Waals surface area (Å²) in [5.74, 6) is 0.281. The highest BCUT2D eigenvalue weighted by Gasteiger charge is 2.16. The quantitative estimate of drug-likeness (QED) is 0.641. The first-order valence-corrected chi connectivity index (χ1v) is 5.97. The van der Waals surface area contributed by atoms with Crippen LogP contribution in [0.4, 0.5) is 11.4 Å². The van der Waals surface area contributed by atoms with Gasteiger partial charge in [0.05, 0.1) is 24.3 Å². The number of nitro groups is 1. The minimum atomic E-state index is -0.561. The molecule has 21 heavy (non-hydrogen) atoms. The first-order chi connectivity index (χ1) is 10.0. The van der Waals surface area contributed by atoms with Crippen LogP contribution in [0.1, 0.15) is 16.3 Å². The van der Waals surface area contributed by atoms with Gasteiger partial charge in [-0.3, -0.25) is 14.9 Å². The lowest BCUT2D eigenvalue weighted by Gasteiger charge is -2.08. The minimum absolute atomic E-state index is 0.0593. The van der Waals surface area contributed by atoms with Gasteiger partial charge in [0.1, 0.15) is 11.5 Å². The molecule has 1 heterocycles. The Morgan fingerprint density at radius 3 is 2.76 bits per heavy atom. The number of amides is 1. The van der Waals surface area contributed by atoms with Crippen LogP contribution in [0.25, 0.3) is 0 Å². The summed E-state index contributed by atoms with van der Waals surface area (Å²) in [7, 11) is 1.40. The van der Waals surface area contributed by atoms with Gasteiger partial charge < -0.3 is 20.2 Å². The maximum absolute atomic E-state index is 12.0. The summed E-state index contributed by atoms with van der Waals surface area (Å²) in [5, 5.41) is 13.3. The van der Waals surface area contributed by atoms with Crippen LogP contribution in [0.3, 0.4) is 0 Å². The van der Waals surface area contributed by atoms with E-state index in [1.54, 1.807) is 6.07 Å². The van der Waals surface area contributed by atoms with Gasteiger partial charge in [-0.25, -0.2) is 0 Å². The van der Waals surface area contributed by atoms with Crippen molar-refractivity contribution in [2.75, 3.05) is 12.4 Å². The van der Waals surface area contributed by atoms with Crippen LogP contribution >= 0.6 is 0 Å². The molecule has 8 nitrogen and oxygen atoms in total. The van der Waals surface area contributed by atoms with Crippen LogP contribution in [-0.4, -0.2) is 17.9 Å². The van der Waals surface area contributed by atoms with Gasteiger partial charge in [-0.15, -0.1) is 0 Å². The smallest absolute Gasteiger partial charge is 0.291 e. The summed E-state index contributed by atoms with van der Waals surface area (Å²) in [6.45, 7) is 0.174. The van der Waals surface area contributed by atoms with Gasteiger partial charge in [-0.2, -0.15) is 0 Å². The molecule has 0 radical (unpaired) electrons. The Morgan fingerprint density at radius 1 is 1.43 bits per heavy atom. The van der Waals surface area contributed by atoms with E-state index in [1.165, 1.54) is 31.4 Å². The molecule has 1 aromatic carbocycles. The Bertz CT molecular complexity index is 680. The Kier molecular flexibility index (Phi) is 4.19. The summed E-state index contributed by atoms with van der Waals surface area (Å²) in [6, 6.07) is 6.96. The number of carbonyl (C=O) groups excluding carboxylic acids is 1. The van der Waals surface area contributed by atoms with Crippen LogP contribution < -0.4 is 15.8 Å². The number of furan rings is 1. The van der Waals surface area contributed by atoms with Crippen LogP contribution in [-0.2, 0) is 6.54 Å². The Balaban J connectivity index is 2.26. The van der Waals surface area contributed by atoms with E-state index in [0.717, 1.165) is 0 Å². The normalized spacial score (nSPS) is 10.2. The van der Waals surface area contributed by atoms with E-state index in [9.17, 15) is 14.9 Å². The molecular formula is C13H13N3O5. The molecule has 1 aromatic heterocycles. The molecule has 0 aliphatic carbocycles. The fraction of sp³-hybridized carbons (Fsp3) is 0.154. The molecule has 0 bridgehead atoms. The van der Waals surface area contributed by atoms with E-state index in [-0.39, 0.29) is 23.7 Å². The molecule has 0 atom stereocenters. The first kappa shape index (κ1) is 14.5. The Hall–Kier alpha value is -2.87. The number of benzene rings is 1. The van der Waals surface area contributed by atoms with E-state index in [2.05, 4.69) is 5.32 Å². The highest BCUT2D eigenvalue weighted by molar-refractivity contribution is 6.03. The molecule has 0 fully saturated rings. The molecule has 2 aromatic rings. The van der Waals surface area contributed by atoms with Crippen molar-refractivity contribution in [1.82, 2.24) is 0 Å². The summed E-state index contributed by atoms with van der Waals surface area (Å²) in [6.07, 6.45) is 0. The van der Waals surface area contributed by atoms with E-state index in [1.807, 2.05) is 0 Å². The lowest BCUT2D eigenvalue weighted by Crippen LogP contribution is -2.12.